The van der Waals surface area contributed by atoms with Gasteiger partial charge in [-0.15, -0.1) is 11.3 Å². The summed E-state index contributed by atoms with van der Waals surface area (Å²) in [6.07, 6.45) is 1.81. The summed E-state index contributed by atoms with van der Waals surface area (Å²) in [5.74, 6) is 0. The van der Waals surface area contributed by atoms with Crippen molar-refractivity contribution >= 4 is 16.3 Å². The quantitative estimate of drug-likeness (QED) is 0.760. The number of aryl methyl sites for hydroxylation is 1. The summed E-state index contributed by atoms with van der Waals surface area (Å²) in [4.78, 5) is 0. The molecule has 0 spiro atoms. The molecule has 0 amide bonds. The standard InChI is InChI=1S/C16H18N4S/c1-20-15(7-8-18-20)13-9-16(21-11-13)19-14(10-17)12-5-3-2-4-6-12/h2-9,11,14,19H,10,17H2,1H3. The van der Waals surface area contributed by atoms with Crippen LogP contribution in [0.3, 0.4) is 0 Å². The molecule has 5 heteroatoms. The van der Waals surface area contributed by atoms with Crippen LogP contribution in [0.5, 0.6) is 0 Å². The lowest BCUT2D eigenvalue weighted by molar-refractivity contribution is 0.776. The van der Waals surface area contributed by atoms with E-state index < -0.39 is 0 Å². The Morgan fingerprint density at radius 2 is 2.10 bits per heavy atom. The third kappa shape index (κ3) is 2.99. The number of thiophene rings is 1. The van der Waals surface area contributed by atoms with Gasteiger partial charge in [-0.3, -0.25) is 4.68 Å². The monoisotopic (exact) mass is 298 g/mol. The molecule has 3 rings (SSSR count). The number of hydrogen-bond donors (Lipinski definition) is 2. The highest BCUT2D eigenvalue weighted by atomic mass is 32.1. The normalized spacial score (nSPS) is 12.3. The van der Waals surface area contributed by atoms with Gasteiger partial charge in [-0.05, 0) is 17.7 Å². The minimum Gasteiger partial charge on any atom is -0.369 e. The lowest BCUT2D eigenvalue weighted by Gasteiger charge is -2.17. The molecule has 4 nitrogen and oxygen atoms in total. The largest absolute Gasteiger partial charge is 0.369 e. The molecule has 0 saturated carbocycles. The van der Waals surface area contributed by atoms with Crippen molar-refractivity contribution in [2.75, 3.05) is 11.9 Å². The Kier molecular flexibility index (Phi) is 4.03. The summed E-state index contributed by atoms with van der Waals surface area (Å²) in [5, 5.41) is 11.0. The predicted octanol–water partition coefficient (Wildman–Crippen LogP) is 3.26. The van der Waals surface area contributed by atoms with Crippen molar-refractivity contribution in [3.05, 3.63) is 59.6 Å². The van der Waals surface area contributed by atoms with Crippen LogP contribution < -0.4 is 11.1 Å². The molecular formula is C16H18N4S. The fourth-order valence-corrected chi connectivity index (χ4v) is 3.19. The van der Waals surface area contributed by atoms with Crippen molar-refractivity contribution < 1.29 is 0 Å². The van der Waals surface area contributed by atoms with E-state index in [0.29, 0.717) is 6.54 Å². The Balaban J connectivity index is 1.79. The fourth-order valence-electron chi connectivity index (χ4n) is 2.34. The van der Waals surface area contributed by atoms with Crippen LogP contribution >= 0.6 is 11.3 Å². The summed E-state index contributed by atoms with van der Waals surface area (Å²) >= 11 is 1.69. The molecule has 21 heavy (non-hydrogen) atoms. The molecule has 0 aliphatic carbocycles. The second-order valence-electron chi connectivity index (χ2n) is 4.88. The van der Waals surface area contributed by atoms with E-state index in [4.69, 9.17) is 5.73 Å². The van der Waals surface area contributed by atoms with E-state index in [1.54, 1.807) is 11.3 Å². The molecule has 0 aliphatic heterocycles. The number of rotatable bonds is 5. The van der Waals surface area contributed by atoms with Crippen molar-refractivity contribution in [2.24, 2.45) is 12.8 Å². The van der Waals surface area contributed by atoms with Crippen LogP contribution in [0, 0.1) is 0 Å². The highest BCUT2D eigenvalue weighted by Crippen LogP contribution is 2.30. The van der Waals surface area contributed by atoms with Crippen molar-refractivity contribution in [2.45, 2.75) is 6.04 Å². The summed E-state index contributed by atoms with van der Waals surface area (Å²) in [7, 11) is 1.95. The van der Waals surface area contributed by atoms with Crippen LogP contribution in [0.25, 0.3) is 11.3 Å². The van der Waals surface area contributed by atoms with Crippen LogP contribution in [0.1, 0.15) is 11.6 Å². The van der Waals surface area contributed by atoms with Gasteiger partial charge < -0.3 is 11.1 Å². The molecule has 1 atom stereocenters. The zero-order valence-corrected chi connectivity index (χ0v) is 12.7. The van der Waals surface area contributed by atoms with Crippen LogP contribution in [0.15, 0.2) is 54.0 Å². The first-order chi connectivity index (χ1) is 10.3. The average Bonchev–Trinajstić information content (AvgIpc) is 3.14. The first kappa shape index (κ1) is 13.9. The highest BCUT2D eigenvalue weighted by molar-refractivity contribution is 7.14. The maximum atomic E-state index is 5.91. The molecule has 0 radical (unpaired) electrons. The smallest absolute Gasteiger partial charge is 0.0894 e. The van der Waals surface area contributed by atoms with Crippen LogP contribution in [0.2, 0.25) is 0 Å². The van der Waals surface area contributed by atoms with E-state index in [2.05, 4.69) is 34.0 Å². The summed E-state index contributed by atoms with van der Waals surface area (Å²) in [6, 6.07) is 14.6. The molecule has 2 heterocycles. The van der Waals surface area contributed by atoms with Gasteiger partial charge in [0.1, 0.15) is 0 Å². The molecule has 3 N–H and O–H groups in total. The Labute approximate surface area is 128 Å². The zero-order valence-electron chi connectivity index (χ0n) is 11.9. The Bertz CT molecular complexity index is 702. The first-order valence-corrected chi connectivity index (χ1v) is 7.74. The molecule has 0 saturated heterocycles. The molecule has 0 aliphatic rings. The predicted molar refractivity (Wildman–Crippen MR) is 88.4 cm³/mol. The third-order valence-corrected chi connectivity index (χ3v) is 4.33. The topological polar surface area (TPSA) is 55.9 Å². The van der Waals surface area contributed by atoms with Gasteiger partial charge in [-0.1, -0.05) is 30.3 Å². The SMILES string of the molecule is Cn1nccc1-c1csc(NC(CN)c2ccccc2)c1. The number of hydrogen-bond acceptors (Lipinski definition) is 4. The molecule has 0 bridgehead atoms. The Morgan fingerprint density at radius 3 is 2.76 bits per heavy atom. The molecule has 108 valence electrons. The van der Waals surface area contributed by atoms with E-state index >= 15 is 0 Å². The van der Waals surface area contributed by atoms with E-state index in [1.807, 2.05) is 42.2 Å². The number of nitrogens with zero attached hydrogens (tertiary/aromatic N) is 2. The number of anilines is 1. The highest BCUT2D eigenvalue weighted by Gasteiger charge is 2.11. The summed E-state index contributed by atoms with van der Waals surface area (Å²) in [5.41, 5.74) is 9.40. The third-order valence-electron chi connectivity index (χ3n) is 3.47. The molecule has 3 aromatic rings. The van der Waals surface area contributed by atoms with Gasteiger partial charge >= 0.3 is 0 Å². The lowest BCUT2D eigenvalue weighted by Crippen LogP contribution is -2.19. The van der Waals surface area contributed by atoms with E-state index in [0.717, 1.165) is 10.7 Å². The van der Waals surface area contributed by atoms with Gasteiger partial charge in [-0.2, -0.15) is 5.10 Å². The van der Waals surface area contributed by atoms with E-state index in [-0.39, 0.29) is 6.04 Å². The van der Waals surface area contributed by atoms with Crippen LogP contribution in [0.4, 0.5) is 5.00 Å². The Hall–Kier alpha value is -2.11. The van der Waals surface area contributed by atoms with Crippen LogP contribution in [-0.2, 0) is 7.05 Å². The summed E-state index contributed by atoms with van der Waals surface area (Å²) < 4.78 is 1.88. The van der Waals surface area contributed by atoms with E-state index in [9.17, 15) is 0 Å². The van der Waals surface area contributed by atoms with E-state index in [1.165, 1.54) is 11.1 Å². The van der Waals surface area contributed by atoms with Gasteiger partial charge in [0.15, 0.2) is 0 Å². The fraction of sp³-hybridized carbons (Fsp3) is 0.188. The van der Waals surface area contributed by atoms with Crippen molar-refractivity contribution in [1.29, 1.82) is 0 Å². The minimum atomic E-state index is 0.129. The second kappa shape index (κ2) is 6.11. The van der Waals surface area contributed by atoms with Gasteiger partial charge in [0.05, 0.1) is 16.7 Å². The molecule has 2 aromatic heterocycles. The van der Waals surface area contributed by atoms with Crippen molar-refractivity contribution in [3.8, 4) is 11.3 Å². The van der Waals surface area contributed by atoms with Gasteiger partial charge in [0.25, 0.3) is 0 Å². The van der Waals surface area contributed by atoms with Crippen LogP contribution in [-0.4, -0.2) is 16.3 Å². The number of benzene rings is 1. The molecule has 1 unspecified atom stereocenters. The molecule has 1 aromatic carbocycles. The summed E-state index contributed by atoms with van der Waals surface area (Å²) in [6.45, 7) is 0.558. The second-order valence-corrected chi connectivity index (χ2v) is 5.79. The molecule has 0 fully saturated rings. The number of nitrogens with one attached hydrogen (secondary N) is 1. The maximum Gasteiger partial charge on any atom is 0.0894 e. The molecular weight excluding hydrogens is 280 g/mol. The minimum absolute atomic E-state index is 0.129. The van der Waals surface area contributed by atoms with Crippen molar-refractivity contribution in [3.63, 3.8) is 0 Å². The lowest BCUT2D eigenvalue weighted by atomic mass is 10.1. The first-order valence-electron chi connectivity index (χ1n) is 6.86. The average molecular weight is 298 g/mol. The van der Waals surface area contributed by atoms with Gasteiger partial charge in [0, 0.05) is 30.7 Å². The maximum absolute atomic E-state index is 5.91. The van der Waals surface area contributed by atoms with Gasteiger partial charge in [0.2, 0.25) is 0 Å². The van der Waals surface area contributed by atoms with Crippen molar-refractivity contribution in [1.82, 2.24) is 9.78 Å². The van der Waals surface area contributed by atoms with Gasteiger partial charge in [-0.25, -0.2) is 0 Å². The zero-order chi connectivity index (χ0) is 14.7. The number of nitrogens with two attached hydrogens (primary N) is 1. The number of aromatic nitrogens is 2. The Morgan fingerprint density at radius 1 is 1.29 bits per heavy atom.